The van der Waals surface area contributed by atoms with Crippen molar-refractivity contribution in [1.82, 2.24) is 5.32 Å². The molecule has 0 aromatic carbocycles. The van der Waals surface area contributed by atoms with Crippen molar-refractivity contribution in [3.8, 4) is 0 Å². The number of unbranched alkanes of at least 4 members (excludes halogenated alkanes) is 44. The first kappa shape index (κ1) is 71.8. The number of aliphatic hydroxyl groups excluding tert-OH is 2. The molecule has 74 heavy (non-hydrogen) atoms. The van der Waals surface area contributed by atoms with Crippen molar-refractivity contribution in [3.05, 3.63) is 48.6 Å². The number of ether oxygens (including phenoxy) is 1. The summed E-state index contributed by atoms with van der Waals surface area (Å²) in [6.45, 7) is 4.86. The second-order valence-electron chi connectivity index (χ2n) is 22.4. The minimum Gasteiger partial charge on any atom is -0.466 e. The monoisotopic (exact) mass is 1040 g/mol. The molecule has 0 bridgehead atoms. The summed E-state index contributed by atoms with van der Waals surface area (Å²) in [4.78, 5) is 24.6. The van der Waals surface area contributed by atoms with E-state index in [1.165, 1.54) is 263 Å². The Morgan fingerprint density at radius 1 is 0.378 bits per heavy atom. The fraction of sp³-hybridized carbons (Fsp3) is 0.853. The molecule has 6 nitrogen and oxygen atoms in total. The van der Waals surface area contributed by atoms with Crippen LogP contribution in [0.3, 0.4) is 0 Å². The van der Waals surface area contributed by atoms with Gasteiger partial charge in [-0.15, -0.1) is 0 Å². The van der Waals surface area contributed by atoms with E-state index in [1.807, 2.05) is 12.2 Å². The molecule has 0 heterocycles. The Labute approximate surface area is 461 Å². The Hall–Kier alpha value is -2.18. The van der Waals surface area contributed by atoms with Crippen LogP contribution in [0.15, 0.2) is 48.6 Å². The van der Waals surface area contributed by atoms with Crippen LogP contribution in [0, 0.1) is 0 Å². The molecule has 434 valence electrons. The van der Waals surface area contributed by atoms with Crippen LogP contribution in [0.1, 0.15) is 348 Å². The highest BCUT2D eigenvalue weighted by atomic mass is 16.5. The number of allylic oxidation sites excluding steroid dienone is 7. The predicted octanol–water partition coefficient (Wildman–Crippen LogP) is 20.9. The third-order valence-electron chi connectivity index (χ3n) is 15.1. The Bertz CT molecular complexity index is 1240. The number of aliphatic hydroxyl groups is 2. The number of amides is 1. The summed E-state index contributed by atoms with van der Waals surface area (Å²) >= 11 is 0. The van der Waals surface area contributed by atoms with Gasteiger partial charge in [0.25, 0.3) is 0 Å². The second-order valence-corrected chi connectivity index (χ2v) is 22.4. The van der Waals surface area contributed by atoms with Crippen LogP contribution in [0.25, 0.3) is 0 Å². The molecule has 0 aromatic rings. The molecule has 6 heteroatoms. The number of rotatable bonds is 61. The maximum absolute atomic E-state index is 12.5. The fourth-order valence-corrected chi connectivity index (χ4v) is 10.0. The van der Waals surface area contributed by atoms with Crippen molar-refractivity contribution < 1.29 is 24.5 Å². The molecule has 0 aliphatic rings. The minimum absolute atomic E-state index is 0.0184. The Morgan fingerprint density at radius 2 is 0.689 bits per heavy atom. The van der Waals surface area contributed by atoms with Crippen LogP contribution in [-0.4, -0.2) is 47.4 Å². The van der Waals surface area contributed by atoms with Gasteiger partial charge in [-0.2, -0.15) is 0 Å². The molecule has 0 fully saturated rings. The van der Waals surface area contributed by atoms with E-state index in [0.29, 0.717) is 25.9 Å². The number of carbonyl (C=O) groups excluding carboxylic acids is 2. The van der Waals surface area contributed by atoms with E-state index >= 15 is 0 Å². The highest BCUT2D eigenvalue weighted by Gasteiger charge is 2.17. The fourth-order valence-electron chi connectivity index (χ4n) is 10.0. The van der Waals surface area contributed by atoms with E-state index in [0.717, 1.165) is 51.4 Å². The predicted molar refractivity (Wildman–Crippen MR) is 324 cm³/mol. The Morgan fingerprint density at radius 3 is 1.07 bits per heavy atom. The second kappa shape index (κ2) is 63.4. The summed E-state index contributed by atoms with van der Waals surface area (Å²) in [5.74, 6) is -0.164. The lowest BCUT2D eigenvalue weighted by molar-refractivity contribution is -0.143. The highest BCUT2D eigenvalue weighted by molar-refractivity contribution is 5.76. The maximum atomic E-state index is 12.5. The molecule has 0 aromatic heterocycles. The smallest absolute Gasteiger partial charge is 0.305 e. The molecule has 0 aliphatic carbocycles. The molecule has 2 atom stereocenters. The van der Waals surface area contributed by atoms with Crippen LogP contribution in [0.2, 0.25) is 0 Å². The lowest BCUT2D eigenvalue weighted by atomic mass is 10.0. The van der Waals surface area contributed by atoms with Gasteiger partial charge >= 0.3 is 5.97 Å². The Kier molecular flexibility index (Phi) is 61.5. The lowest BCUT2D eigenvalue weighted by Crippen LogP contribution is -2.45. The van der Waals surface area contributed by atoms with E-state index in [-0.39, 0.29) is 18.5 Å². The van der Waals surface area contributed by atoms with Gasteiger partial charge in [0.05, 0.1) is 25.4 Å². The maximum Gasteiger partial charge on any atom is 0.305 e. The van der Waals surface area contributed by atoms with Gasteiger partial charge in [0, 0.05) is 12.8 Å². The SMILES string of the molecule is CCCCCCCC/C=C\CCCCCCCCCCCC(=O)OCCCCCCCC/C=C\C/C=C\CCC(=O)NC(CO)C(O)/C=C/CCCCCCCCCCCCCCCCCCCCCCCCC. The zero-order valence-electron chi connectivity index (χ0n) is 49.6. The van der Waals surface area contributed by atoms with Gasteiger partial charge in [0.15, 0.2) is 0 Å². The van der Waals surface area contributed by atoms with Crippen LogP contribution < -0.4 is 5.32 Å². The van der Waals surface area contributed by atoms with Crippen LogP contribution in [0.5, 0.6) is 0 Å². The lowest BCUT2D eigenvalue weighted by Gasteiger charge is -2.19. The van der Waals surface area contributed by atoms with Crippen LogP contribution >= 0.6 is 0 Å². The summed E-state index contributed by atoms with van der Waals surface area (Å²) < 4.78 is 5.48. The van der Waals surface area contributed by atoms with Gasteiger partial charge < -0.3 is 20.3 Å². The van der Waals surface area contributed by atoms with Gasteiger partial charge in [-0.05, 0) is 77.0 Å². The zero-order chi connectivity index (χ0) is 53.6. The summed E-state index contributed by atoms with van der Waals surface area (Å²) in [5.41, 5.74) is 0. The van der Waals surface area contributed by atoms with E-state index < -0.39 is 12.1 Å². The van der Waals surface area contributed by atoms with E-state index in [1.54, 1.807) is 6.08 Å². The molecule has 0 aliphatic heterocycles. The van der Waals surface area contributed by atoms with Gasteiger partial charge in [-0.3, -0.25) is 9.59 Å². The third-order valence-corrected chi connectivity index (χ3v) is 15.1. The number of nitrogens with one attached hydrogen (secondary N) is 1. The van der Waals surface area contributed by atoms with Crippen molar-refractivity contribution in [2.24, 2.45) is 0 Å². The van der Waals surface area contributed by atoms with Crippen molar-refractivity contribution in [2.45, 2.75) is 360 Å². The molecular formula is C68H127NO5. The number of hydrogen-bond donors (Lipinski definition) is 3. The van der Waals surface area contributed by atoms with Crippen LogP contribution in [-0.2, 0) is 14.3 Å². The first-order chi connectivity index (χ1) is 36.5. The third kappa shape index (κ3) is 59.1. The average molecular weight is 1040 g/mol. The summed E-state index contributed by atoms with van der Waals surface area (Å²) in [6.07, 6.45) is 81.8. The van der Waals surface area contributed by atoms with Crippen molar-refractivity contribution in [2.75, 3.05) is 13.2 Å². The highest BCUT2D eigenvalue weighted by Crippen LogP contribution is 2.17. The van der Waals surface area contributed by atoms with Gasteiger partial charge in [-0.25, -0.2) is 0 Å². The van der Waals surface area contributed by atoms with Crippen molar-refractivity contribution >= 4 is 11.9 Å². The van der Waals surface area contributed by atoms with E-state index in [2.05, 4.69) is 49.5 Å². The van der Waals surface area contributed by atoms with Gasteiger partial charge in [-0.1, -0.05) is 306 Å². The average Bonchev–Trinajstić information content (AvgIpc) is 3.40. The summed E-state index contributed by atoms with van der Waals surface area (Å²) in [6, 6.07) is -0.674. The normalized spacial score (nSPS) is 12.9. The first-order valence-corrected chi connectivity index (χ1v) is 32.9. The van der Waals surface area contributed by atoms with Gasteiger partial charge in [0.2, 0.25) is 5.91 Å². The number of esters is 1. The number of hydrogen-bond acceptors (Lipinski definition) is 5. The zero-order valence-corrected chi connectivity index (χ0v) is 49.6. The molecule has 0 spiro atoms. The first-order valence-electron chi connectivity index (χ1n) is 32.9. The summed E-state index contributed by atoms with van der Waals surface area (Å²) in [7, 11) is 0. The van der Waals surface area contributed by atoms with Crippen LogP contribution in [0.4, 0.5) is 0 Å². The topological polar surface area (TPSA) is 95.9 Å². The molecule has 0 rings (SSSR count). The standard InChI is InChI=1S/C68H127NO5/c1-3-5-7-9-11-13-15-17-19-21-23-24-25-26-27-28-30-31-33-36-40-44-48-52-56-60-66(71)65(64-70)69-67(72)61-57-53-49-45-41-37-35-39-43-47-51-55-59-63-74-68(73)62-58-54-50-46-42-38-34-32-29-22-20-18-16-14-12-10-8-6-4-2/h18,20,37,41,49,53,56,60,65-66,70-71H,3-17,19,21-36,38-40,42-48,50-52,54-55,57-59,61-64H2,1-2H3,(H,69,72)/b20-18-,41-37-,53-49-,60-56+. The van der Waals surface area contributed by atoms with Gasteiger partial charge in [0.1, 0.15) is 0 Å². The minimum atomic E-state index is -0.882. The van der Waals surface area contributed by atoms with Crippen molar-refractivity contribution in [1.29, 1.82) is 0 Å². The molecule has 0 saturated heterocycles. The molecule has 1 amide bonds. The Balaban J connectivity index is 3.54. The molecular weight excluding hydrogens is 911 g/mol. The number of carbonyl (C=O) groups is 2. The molecule has 0 radical (unpaired) electrons. The largest absolute Gasteiger partial charge is 0.466 e. The van der Waals surface area contributed by atoms with Crippen molar-refractivity contribution in [3.63, 3.8) is 0 Å². The molecule has 3 N–H and O–H groups in total. The van der Waals surface area contributed by atoms with E-state index in [9.17, 15) is 19.8 Å². The summed E-state index contributed by atoms with van der Waals surface area (Å²) in [5, 5.41) is 23.2. The molecule has 2 unspecified atom stereocenters. The van der Waals surface area contributed by atoms with E-state index in [4.69, 9.17) is 4.74 Å². The molecule has 0 saturated carbocycles. The quantitative estimate of drug-likeness (QED) is 0.0320.